The lowest BCUT2D eigenvalue weighted by atomic mass is 10.0. The fraction of sp³-hybridized carbons (Fsp3) is 0.550. The van der Waals surface area contributed by atoms with Crippen molar-refractivity contribution in [2.45, 2.75) is 38.8 Å². The second-order valence-electron chi connectivity index (χ2n) is 7.56. The van der Waals surface area contributed by atoms with E-state index in [1.165, 1.54) is 0 Å². The molecule has 1 heterocycles. The second-order valence-corrected chi connectivity index (χ2v) is 8.00. The first-order valence-electron chi connectivity index (χ1n) is 9.80. The predicted molar refractivity (Wildman–Crippen MR) is 107 cm³/mol. The van der Waals surface area contributed by atoms with Crippen molar-refractivity contribution in [1.82, 2.24) is 20.9 Å². The number of amides is 4. The molecule has 1 aromatic carbocycles. The minimum absolute atomic E-state index is 0.0146. The average molecular weight is 407 g/mol. The van der Waals surface area contributed by atoms with E-state index in [0.29, 0.717) is 37.5 Å². The van der Waals surface area contributed by atoms with Gasteiger partial charge in [-0.05, 0) is 42.9 Å². The first-order valence-corrected chi connectivity index (χ1v) is 10.2. The zero-order valence-corrected chi connectivity index (χ0v) is 16.8. The Hall–Kier alpha value is -2.28. The van der Waals surface area contributed by atoms with Crippen LogP contribution in [0.3, 0.4) is 0 Å². The number of nitrogens with zero attached hydrogens (tertiary/aromatic N) is 1. The summed E-state index contributed by atoms with van der Waals surface area (Å²) in [4.78, 5) is 38.6. The van der Waals surface area contributed by atoms with E-state index in [1.54, 1.807) is 17.0 Å². The van der Waals surface area contributed by atoms with Gasteiger partial charge in [0.05, 0.1) is 0 Å². The molecule has 1 aliphatic carbocycles. The van der Waals surface area contributed by atoms with Crippen molar-refractivity contribution in [3.8, 4) is 0 Å². The van der Waals surface area contributed by atoms with Gasteiger partial charge in [0.2, 0.25) is 11.8 Å². The molecule has 2 fully saturated rings. The van der Waals surface area contributed by atoms with Gasteiger partial charge in [0, 0.05) is 36.6 Å². The van der Waals surface area contributed by atoms with Crippen LogP contribution in [0.2, 0.25) is 5.02 Å². The SMILES string of the molecule is CCCNC(=O)N1CC(=O)N[C@@H]2C[C@@H](C(=O)NCc3ccc(Cl)cc3)C[C@@H]2C1. The van der Waals surface area contributed by atoms with Crippen molar-refractivity contribution in [2.24, 2.45) is 11.8 Å². The summed E-state index contributed by atoms with van der Waals surface area (Å²) in [7, 11) is 0. The lowest BCUT2D eigenvalue weighted by molar-refractivity contribution is -0.125. The van der Waals surface area contributed by atoms with Gasteiger partial charge in [0.1, 0.15) is 6.54 Å². The van der Waals surface area contributed by atoms with Gasteiger partial charge in [0.15, 0.2) is 0 Å². The molecule has 2 aliphatic rings. The average Bonchev–Trinajstić information content (AvgIpc) is 2.99. The fourth-order valence-corrected chi connectivity index (χ4v) is 4.05. The molecule has 0 spiro atoms. The van der Waals surface area contributed by atoms with E-state index in [-0.39, 0.29) is 42.3 Å². The van der Waals surface area contributed by atoms with Crippen molar-refractivity contribution in [1.29, 1.82) is 0 Å². The number of carbonyl (C=O) groups excluding carboxylic acids is 3. The van der Waals surface area contributed by atoms with Gasteiger partial charge in [-0.1, -0.05) is 30.7 Å². The highest BCUT2D eigenvalue weighted by Crippen LogP contribution is 2.33. The van der Waals surface area contributed by atoms with Gasteiger partial charge in [-0.15, -0.1) is 0 Å². The molecule has 7 nitrogen and oxygen atoms in total. The highest BCUT2D eigenvalue weighted by atomic mass is 35.5. The van der Waals surface area contributed by atoms with Crippen molar-refractivity contribution in [3.05, 3.63) is 34.9 Å². The summed E-state index contributed by atoms with van der Waals surface area (Å²) in [6.45, 7) is 3.56. The molecule has 28 heavy (non-hydrogen) atoms. The van der Waals surface area contributed by atoms with Gasteiger partial charge in [0.25, 0.3) is 0 Å². The summed E-state index contributed by atoms with van der Waals surface area (Å²) < 4.78 is 0. The van der Waals surface area contributed by atoms with Gasteiger partial charge in [-0.25, -0.2) is 4.79 Å². The number of rotatable bonds is 5. The number of urea groups is 1. The topological polar surface area (TPSA) is 90.5 Å². The highest BCUT2D eigenvalue weighted by molar-refractivity contribution is 6.30. The Morgan fingerprint density at radius 2 is 1.96 bits per heavy atom. The number of halogens is 1. The Kier molecular flexibility index (Phi) is 6.78. The molecule has 1 aromatic rings. The van der Waals surface area contributed by atoms with E-state index in [2.05, 4.69) is 16.0 Å². The summed E-state index contributed by atoms with van der Waals surface area (Å²) in [5.41, 5.74) is 0.983. The van der Waals surface area contributed by atoms with Gasteiger partial charge in [-0.2, -0.15) is 0 Å². The lowest BCUT2D eigenvalue weighted by Crippen LogP contribution is -2.44. The van der Waals surface area contributed by atoms with E-state index in [0.717, 1.165) is 12.0 Å². The number of nitrogens with one attached hydrogen (secondary N) is 3. The van der Waals surface area contributed by atoms with Crippen molar-refractivity contribution >= 4 is 29.4 Å². The smallest absolute Gasteiger partial charge is 0.317 e. The molecule has 0 radical (unpaired) electrons. The summed E-state index contributed by atoms with van der Waals surface area (Å²) in [6.07, 6.45) is 2.11. The quantitative estimate of drug-likeness (QED) is 0.697. The first kappa shape index (κ1) is 20.5. The van der Waals surface area contributed by atoms with Crippen LogP contribution in [0.5, 0.6) is 0 Å². The molecule has 8 heteroatoms. The maximum Gasteiger partial charge on any atom is 0.317 e. The standard InChI is InChI=1S/C20H27ClN4O3/c1-2-7-22-20(28)25-11-15-8-14(9-17(15)24-18(26)12-25)19(27)23-10-13-3-5-16(21)6-4-13/h3-6,14-15,17H,2,7-12H2,1H3,(H,22,28)(H,23,27)(H,24,26)/t14-,15+,17+/m0/s1. The number of carbonyl (C=O) groups is 3. The molecule has 1 saturated carbocycles. The Labute approximate surface area is 170 Å². The van der Waals surface area contributed by atoms with E-state index in [9.17, 15) is 14.4 Å². The number of hydrogen-bond acceptors (Lipinski definition) is 3. The maximum absolute atomic E-state index is 12.6. The van der Waals surface area contributed by atoms with Gasteiger partial charge in [-0.3, -0.25) is 9.59 Å². The minimum Gasteiger partial charge on any atom is -0.352 e. The van der Waals surface area contributed by atoms with Crippen LogP contribution in [0.1, 0.15) is 31.7 Å². The predicted octanol–water partition coefficient (Wildman–Crippen LogP) is 1.90. The number of fused-ring (bicyclic) bond motifs is 1. The van der Waals surface area contributed by atoms with Crippen LogP contribution in [0, 0.1) is 11.8 Å². The van der Waals surface area contributed by atoms with Crippen LogP contribution in [0.25, 0.3) is 0 Å². The van der Waals surface area contributed by atoms with Crippen LogP contribution >= 0.6 is 11.6 Å². The molecule has 0 unspecified atom stereocenters. The summed E-state index contributed by atoms with van der Waals surface area (Å²) in [5.74, 6) is -0.257. The van der Waals surface area contributed by atoms with E-state index in [1.807, 2.05) is 19.1 Å². The highest BCUT2D eigenvalue weighted by Gasteiger charge is 2.42. The summed E-state index contributed by atoms with van der Waals surface area (Å²) in [6, 6.07) is 7.08. The Morgan fingerprint density at radius 1 is 1.21 bits per heavy atom. The van der Waals surface area contributed by atoms with Crippen LogP contribution in [0.15, 0.2) is 24.3 Å². The number of hydrogen-bond donors (Lipinski definition) is 3. The molecular weight excluding hydrogens is 380 g/mol. The summed E-state index contributed by atoms with van der Waals surface area (Å²) in [5, 5.41) is 9.45. The minimum atomic E-state index is -0.215. The van der Waals surface area contributed by atoms with Crippen molar-refractivity contribution in [2.75, 3.05) is 19.6 Å². The van der Waals surface area contributed by atoms with Gasteiger partial charge >= 0.3 is 6.03 Å². The number of benzene rings is 1. The normalized spacial score (nSPS) is 24.1. The molecule has 3 rings (SSSR count). The molecule has 1 aliphatic heterocycles. The Balaban J connectivity index is 1.56. The third-order valence-corrected chi connectivity index (χ3v) is 5.65. The zero-order valence-electron chi connectivity index (χ0n) is 16.0. The monoisotopic (exact) mass is 406 g/mol. The molecular formula is C20H27ClN4O3. The van der Waals surface area contributed by atoms with Crippen LogP contribution < -0.4 is 16.0 Å². The maximum atomic E-state index is 12.6. The van der Waals surface area contributed by atoms with Gasteiger partial charge < -0.3 is 20.9 Å². The summed E-state index contributed by atoms with van der Waals surface area (Å²) >= 11 is 5.88. The largest absolute Gasteiger partial charge is 0.352 e. The third-order valence-electron chi connectivity index (χ3n) is 5.39. The van der Waals surface area contributed by atoms with E-state index < -0.39 is 0 Å². The second kappa shape index (κ2) is 9.28. The Bertz CT molecular complexity index is 725. The molecule has 152 valence electrons. The molecule has 4 amide bonds. The fourth-order valence-electron chi connectivity index (χ4n) is 3.93. The van der Waals surface area contributed by atoms with E-state index in [4.69, 9.17) is 11.6 Å². The van der Waals surface area contributed by atoms with Crippen LogP contribution in [-0.4, -0.2) is 48.4 Å². The van der Waals surface area contributed by atoms with Crippen molar-refractivity contribution < 1.29 is 14.4 Å². The third kappa shape index (κ3) is 5.16. The molecule has 1 saturated heterocycles. The Morgan fingerprint density at radius 3 is 2.68 bits per heavy atom. The molecule has 0 aromatic heterocycles. The lowest BCUT2D eigenvalue weighted by Gasteiger charge is -2.23. The van der Waals surface area contributed by atoms with Crippen LogP contribution in [-0.2, 0) is 16.1 Å². The van der Waals surface area contributed by atoms with E-state index >= 15 is 0 Å². The molecule has 0 bridgehead atoms. The van der Waals surface area contributed by atoms with Crippen LogP contribution in [0.4, 0.5) is 4.79 Å². The molecule has 3 atom stereocenters. The zero-order chi connectivity index (χ0) is 20.1. The first-order chi connectivity index (χ1) is 13.5. The molecule has 3 N–H and O–H groups in total. The van der Waals surface area contributed by atoms with Crippen molar-refractivity contribution in [3.63, 3.8) is 0 Å².